The Labute approximate surface area is 107 Å². The molecule has 1 heterocycles. The Morgan fingerprint density at radius 3 is 3.00 bits per heavy atom. The van der Waals surface area contributed by atoms with Crippen LogP contribution >= 0.6 is 27.3 Å². The monoisotopic (exact) mass is 307 g/mol. The van der Waals surface area contributed by atoms with Crippen LogP contribution in [0.2, 0.25) is 0 Å². The van der Waals surface area contributed by atoms with Crippen molar-refractivity contribution in [2.75, 3.05) is 13.7 Å². The minimum atomic E-state index is -0.698. The van der Waals surface area contributed by atoms with Crippen LogP contribution in [0.5, 0.6) is 0 Å². The van der Waals surface area contributed by atoms with Crippen LogP contribution < -0.4 is 5.32 Å². The molecule has 1 rings (SSSR count). The van der Waals surface area contributed by atoms with Crippen molar-refractivity contribution in [2.24, 2.45) is 0 Å². The lowest BCUT2D eigenvalue weighted by Gasteiger charge is -2.09. The first-order valence-corrected chi connectivity index (χ1v) is 6.42. The minimum absolute atomic E-state index is 0.0254. The summed E-state index contributed by atoms with van der Waals surface area (Å²) < 4.78 is 5.54. The maximum Gasteiger partial charge on any atom is 0.308 e. The van der Waals surface area contributed by atoms with Gasteiger partial charge >= 0.3 is 5.97 Å². The van der Waals surface area contributed by atoms with Crippen molar-refractivity contribution in [3.8, 4) is 0 Å². The highest BCUT2D eigenvalue weighted by atomic mass is 79.9. The number of hydrogen-bond acceptors (Lipinski definition) is 5. The second-order valence-corrected chi connectivity index (χ2v) is 5.82. The molecule has 0 amide bonds. The van der Waals surface area contributed by atoms with Gasteiger partial charge in [0.15, 0.2) is 0 Å². The summed E-state index contributed by atoms with van der Waals surface area (Å²) in [5, 5.41) is 12.5. The van der Waals surface area contributed by atoms with E-state index in [4.69, 9.17) is 0 Å². The number of aliphatic hydroxyl groups is 1. The van der Waals surface area contributed by atoms with Gasteiger partial charge in [0.2, 0.25) is 0 Å². The van der Waals surface area contributed by atoms with Crippen molar-refractivity contribution >= 4 is 33.2 Å². The number of rotatable bonds is 6. The number of methoxy groups -OCH3 is 1. The second kappa shape index (κ2) is 7.01. The lowest BCUT2D eigenvalue weighted by atomic mass is 10.2. The van der Waals surface area contributed by atoms with E-state index in [0.29, 0.717) is 13.1 Å². The number of carbonyl (C=O) groups excluding carboxylic acids is 1. The maximum absolute atomic E-state index is 10.8. The standard InChI is InChI=1S/C10H14BrNO3S/c1-15-10(14)4-7(13)5-12-6-8-2-3-9(11)16-8/h2-3,7,12-13H,4-6H2,1H3. The lowest BCUT2D eigenvalue weighted by molar-refractivity contribution is -0.142. The average Bonchev–Trinajstić information content (AvgIpc) is 2.64. The van der Waals surface area contributed by atoms with Gasteiger partial charge in [-0.25, -0.2) is 0 Å². The Balaban J connectivity index is 2.17. The third-order valence-corrected chi connectivity index (χ3v) is 3.56. The number of hydrogen-bond donors (Lipinski definition) is 2. The highest BCUT2D eigenvalue weighted by Gasteiger charge is 2.10. The predicted molar refractivity (Wildman–Crippen MR) is 66.4 cm³/mol. The van der Waals surface area contributed by atoms with Crippen LogP contribution in [0, 0.1) is 0 Å². The number of halogens is 1. The summed E-state index contributed by atoms with van der Waals surface area (Å²) in [4.78, 5) is 12.0. The van der Waals surface area contributed by atoms with Gasteiger partial charge in [0.05, 0.1) is 23.4 Å². The van der Waals surface area contributed by atoms with Crippen molar-refractivity contribution < 1.29 is 14.6 Å². The third-order valence-electron chi connectivity index (χ3n) is 1.94. The van der Waals surface area contributed by atoms with E-state index in [9.17, 15) is 9.90 Å². The summed E-state index contributed by atoms with van der Waals surface area (Å²) in [7, 11) is 1.31. The topological polar surface area (TPSA) is 58.6 Å². The Morgan fingerprint density at radius 2 is 2.44 bits per heavy atom. The van der Waals surface area contributed by atoms with Crippen LogP contribution in [-0.4, -0.2) is 30.8 Å². The van der Waals surface area contributed by atoms with Gasteiger partial charge < -0.3 is 15.2 Å². The lowest BCUT2D eigenvalue weighted by Crippen LogP contribution is -2.28. The number of thiophene rings is 1. The van der Waals surface area contributed by atoms with Crippen molar-refractivity contribution in [1.82, 2.24) is 5.32 Å². The molecule has 16 heavy (non-hydrogen) atoms. The number of aliphatic hydroxyl groups excluding tert-OH is 1. The maximum atomic E-state index is 10.8. The molecule has 1 aromatic heterocycles. The Hall–Kier alpha value is -0.430. The van der Waals surface area contributed by atoms with Crippen LogP contribution in [0.15, 0.2) is 15.9 Å². The molecule has 1 aromatic rings. The fourth-order valence-corrected chi connectivity index (χ4v) is 2.61. The van der Waals surface area contributed by atoms with Crippen molar-refractivity contribution in [1.29, 1.82) is 0 Å². The van der Waals surface area contributed by atoms with Gasteiger partial charge in [-0.15, -0.1) is 11.3 Å². The Kier molecular flexibility index (Phi) is 5.97. The molecule has 1 atom stereocenters. The fourth-order valence-electron chi connectivity index (χ4n) is 1.16. The Morgan fingerprint density at radius 1 is 1.69 bits per heavy atom. The van der Waals surface area contributed by atoms with Gasteiger partial charge in [0.25, 0.3) is 0 Å². The number of carbonyl (C=O) groups is 1. The van der Waals surface area contributed by atoms with E-state index in [-0.39, 0.29) is 6.42 Å². The average molecular weight is 308 g/mol. The van der Waals surface area contributed by atoms with E-state index >= 15 is 0 Å². The highest BCUT2D eigenvalue weighted by molar-refractivity contribution is 9.11. The van der Waals surface area contributed by atoms with Crippen molar-refractivity contribution in [3.05, 3.63) is 20.8 Å². The number of nitrogens with one attached hydrogen (secondary N) is 1. The van der Waals surface area contributed by atoms with Gasteiger partial charge in [0, 0.05) is 18.0 Å². The molecule has 0 aromatic carbocycles. The van der Waals surface area contributed by atoms with Gasteiger partial charge in [-0.3, -0.25) is 4.79 Å². The zero-order valence-corrected chi connectivity index (χ0v) is 11.3. The minimum Gasteiger partial charge on any atom is -0.469 e. The molecule has 0 saturated carbocycles. The van der Waals surface area contributed by atoms with Gasteiger partial charge in [-0.1, -0.05) is 0 Å². The zero-order chi connectivity index (χ0) is 12.0. The molecule has 1 unspecified atom stereocenters. The molecule has 0 aliphatic heterocycles. The van der Waals surface area contributed by atoms with Crippen LogP contribution in [0.4, 0.5) is 0 Å². The fraction of sp³-hybridized carbons (Fsp3) is 0.500. The van der Waals surface area contributed by atoms with Crippen LogP contribution in [-0.2, 0) is 16.1 Å². The molecule has 2 N–H and O–H groups in total. The molecule has 0 aliphatic carbocycles. The van der Waals surface area contributed by atoms with Gasteiger partial charge in [-0.2, -0.15) is 0 Å². The second-order valence-electron chi connectivity index (χ2n) is 3.27. The first-order chi connectivity index (χ1) is 7.61. The SMILES string of the molecule is COC(=O)CC(O)CNCc1ccc(Br)s1. The predicted octanol–water partition coefficient (Wildman–Crippen LogP) is 1.52. The molecule has 90 valence electrons. The molecule has 0 bridgehead atoms. The van der Waals surface area contributed by atoms with E-state index in [0.717, 1.165) is 3.79 Å². The summed E-state index contributed by atoms with van der Waals surface area (Å²) in [6.45, 7) is 1.07. The first kappa shape index (κ1) is 13.6. The molecule has 0 spiro atoms. The third kappa shape index (κ3) is 5.07. The highest BCUT2D eigenvalue weighted by Crippen LogP contribution is 2.21. The summed E-state index contributed by atoms with van der Waals surface area (Å²) in [6, 6.07) is 3.99. The zero-order valence-electron chi connectivity index (χ0n) is 8.90. The molecule has 0 radical (unpaired) electrons. The molecular formula is C10H14BrNO3S. The summed E-state index contributed by atoms with van der Waals surface area (Å²) >= 11 is 5.01. The molecule has 0 fully saturated rings. The molecule has 0 aliphatic rings. The first-order valence-electron chi connectivity index (χ1n) is 4.81. The Bertz CT molecular complexity index is 343. The van der Waals surface area contributed by atoms with E-state index in [1.165, 1.54) is 12.0 Å². The summed E-state index contributed by atoms with van der Waals surface area (Å²) in [6.07, 6.45) is -0.673. The largest absolute Gasteiger partial charge is 0.469 e. The van der Waals surface area contributed by atoms with E-state index in [2.05, 4.69) is 26.0 Å². The van der Waals surface area contributed by atoms with Crippen LogP contribution in [0.3, 0.4) is 0 Å². The summed E-state index contributed by atoms with van der Waals surface area (Å²) in [5.41, 5.74) is 0. The van der Waals surface area contributed by atoms with E-state index in [1.807, 2.05) is 12.1 Å². The quantitative estimate of drug-likeness (QED) is 0.783. The smallest absolute Gasteiger partial charge is 0.308 e. The molecule has 0 saturated heterocycles. The van der Waals surface area contributed by atoms with Crippen molar-refractivity contribution in [3.63, 3.8) is 0 Å². The van der Waals surface area contributed by atoms with E-state index < -0.39 is 12.1 Å². The summed E-state index contributed by atoms with van der Waals surface area (Å²) in [5.74, 6) is -0.395. The van der Waals surface area contributed by atoms with Crippen LogP contribution in [0.1, 0.15) is 11.3 Å². The molecule has 6 heteroatoms. The van der Waals surface area contributed by atoms with Gasteiger partial charge in [-0.05, 0) is 28.1 Å². The number of esters is 1. The van der Waals surface area contributed by atoms with E-state index in [1.54, 1.807) is 11.3 Å². The normalized spacial score (nSPS) is 12.4. The van der Waals surface area contributed by atoms with Crippen molar-refractivity contribution in [2.45, 2.75) is 19.1 Å². The van der Waals surface area contributed by atoms with Gasteiger partial charge in [0.1, 0.15) is 0 Å². The number of ether oxygens (including phenoxy) is 1. The van der Waals surface area contributed by atoms with Crippen LogP contribution in [0.25, 0.3) is 0 Å². The molecule has 4 nitrogen and oxygen atoms in total. The molecular weight excluding hydrogens is 294 g/mol.